The van der Waals surface area contributed by atoms with E-state index >= 15 is 0 Å². The van der Waals surface area contributed by atoms with Gasteiger partial charge in [0.2, 0.25) is 17.7 Å². The average molecular weight is 308 g/mol. The Labute approximate surface area is 128 Å². The Balaban J connectivity index is 1.65. The van der Waals surface area contributed by atoms with Crippen molar-refractivity contribution in [2.45, 2.75) is 38.3 Å². The van der Waals surface area contributed by atoms with E-state index in [2.05, 4.69) is 10.1 Å². The Morgan fingerprint density at radius 2 is 2.14 bits per heavy atom. The summed E-state index contributed by atoms with van der Waals surface area (Å²) >= 11 is 0. The fourth-order valence-corrected chi connectivity index (χ4v) is 2.55. The molecule has 2 amide bonds. The third-order valence-electron chi connectivity index (χ3n) is 4.08. The van der Waals surface area contributed by atoms with Crippen molar-refractivity contribution in [2.24, 2.45) is 0 Å². The summed E-state index contributed by atoms with van der Waals surface area (Å²) in [6, 6.07) is -0.533. The molecule has 0 spiro atoms. The van der Waals surface area contributed by atoms with Crippen LogP contribution in [0.2, 0.25) is 0 Å². The third kappa shape index (κ3) is 2.96. The van der Waals surface area contributed by atoms with Gasteiger partial charge >= 0.3 is 0 Å². The second kappa shape index (κ2) is 6.04. The minimum absolute atomic E-state index is 0.0656. The molecule has 1 saturated carbocycles. The second-order valence-corrected chi connectivity index (χ2v) is 5.77. The Morgan fingerprint density at radius 3 is 2.82 bits per heavy atom. The molecular weight excluding hydrogens is 288 g/mol. The van der Waals surface area contributed by atoms with Crippen LogP contribution in [-0.2, 0) is 20.9 Å². The van der Waals surface area contributed by atoms with E-state index in [0.717, 1.165) is 12.8 Å². The number of amides is 2. The van der Waals surface area contributed by atoms with Crippen molar-refractivity contribution >= 4 is 11.8 Å². The van der Waals surface area contributed by atoms with Gasteiger partial charge < -0.3 is 19.1 Å². The number of carbonyl (C=O) groups is 2. The summed E-state index contributed by atoms with van der Waals surface area (Å²) < 4.78 is 10.2. The zero-order valence-corrected chi connectivity index (χ0v) is 12.8. The van der Waals surface area contributed by atoms with Crippen LogP contribution in [0, 0.1) is 0 Å². The summed E-state index contributed by atoms with van der Waals surface area (Å²) in [4.78, 5) is 31.9. The smallest absolute Gasteiger partial charge is 0.246 e. The van der Waals surface area contributed by atoms with Crippen molar-refractivity contribution in [1.29, 1.82) is 0 Å². The fraction of sp³-hybridized carbons (Fsp3) is 0.714. The van der Waals surface area contributed by atoms with Gasteiger partial charge in [0.05, 0.1) is 13.2 Å². The maximum Gasteiger partial charge on any atom is 0.246 e. The molecule has 8 heteroatoms. The normalized spacial score (nSPS) is 22.5. The first-order valence-electron chi connectivity index (χ1n) is 7.50. The quantitative estimate of drug-likeness (QED) is 0.743. The Kier molecular flexibility index (Phi) is 4.10. The monoisotopic (exact) mass is 308 g/mol. The van der Waals surface area contributed by atoms with Crippen LogP contribution < -0.4 is 0 Å². The highest BCUT2D eigenvalue weighted by atomic mass is 16.5. The van der Waals surface area contributed by atoms with E-state index in [1.807, 2.05) is 0 Å². The number of ether oxygens (including phenoxy) is 1. The number of nitrogens with zero attached hydrogens (tertiary/aromatic N) is 4. The number of piperazine rings is 1. The zero-order chi connectivity index (χ0) is 15.7. The molecule has 0 radical (unpaired) electrons. The molecule has 22 heavy (non-hydrogen) atoms. The highest BCUT2D eigenvalue weighted by molar-refractivity contribution is 5.94. The molecule has 1 aliphatic carbocycles. The molecule has 0 aromatic carbocycles. The highest BCUT2D eigenvalue weighted by Gasteiger charge is 2.37. The summed E-state index contributed by atoms with van der Waals surface area (Å²) in [7, 11) is 1.57. The van der Waals surface area contributed by atoms with Gasteiger partial charge in [-0.3, -0.25) is 9.59 Å². The van der Waals surface area contributed by atoms with Gasteiger partial charge in [0.25, 0.3) is 0 Å². The molecule has 1 aromatic heterocycles. The van der Waals surface area contributed by atoms with Gasteiger partial charge in [-0.1, -0.05) is 5.16 Å². The zero-order valence-electron chi connectivity index (χ0n) is 12.8. The van der Waals surface area contributed by atoms with Gasteiger partial charge in [0, 0.05) is 19.6 Å². The molecule has 0 unspecified atom stereocenters. The van der Waals surface area contributed by atoms with Crippen molar-refractivity contribution in [1.82, 2.24) is 19.9 Å². The molecule has 2 fully saturated rings. The molecule has 3 rings (SSSR count). The molecule has 1 atom stereocenters. The molecule has 0 bridgehead atoms. The van der Waals surface area contributed by atoms with E-state index in [1.165, 1.54) is 9.80 Å². The topological polar surface area (TPSA) is 88.8 Å². The molecule has 2 heterocycles. The molecule has 1 saturated heterocycles. The van der Waals surface area contributed by atoms with Gasteiger partial charge in [0.15, 0.2) is 5.82 Å². The van der Waals surface area contributed by atoms with Crippen molar-refractivity contribution in [3.05, 3.63) is 11.7 Å². The standard InChI is InChI=1S/C14H20N4O4/c1-9-14(20)17(5-6-21-2)8-12(19)18(9)7-11-15-13(16-22-11)10-3-4-10/h9-10H,3-8H2,1-2H3/t9-/m0/s1. The van der Waals surface area contributed by atoms with Crippen LogP contribution in [0.5, 0.6) is 0 Å². The highest BCUT2D eigenvalue weighted by Crippen LogP contribution is 2.38. The van der Waals surface area contributed by atoms with Crippen molar-refractivity contribution in [3.63, 3.8) is 0 Å². The lowest BCUT2D eigenvalue weighted by Gasteiger charge is -2.37. The SMILES string of the molecule is COCCN1CC(=O)N(Cc2nc(C3CC3)no2)[C@@H](C)C1=O. The molecule has 1 aliphatic heterocycles. The van der Waals surface area contributed by atoms with E-state index in [1.54, 1.807) is 14.0 Å². The largest absolute Gasteiger partial charge is 0.383 e. The van der Waals surface area contributed by atoms with E-state index in [9.17, 15) is 9.59 Å². The van der Waals surface area contributed by atoms with Gasteiger partial charge in [-0.05, 0) is 19.8 Å². The first-order valence-corrected chi connectivity index (χ1v) is 7.50. The van der Waals surface area contributed by atoms with Crippen LogP contribution >= 0.6 is 0 Å². The molecule has 1 aromatic rings. The number of hydrogen-bond donors (Lipinski definition) is 0. The van der Waals surface area contributed by atoms with Crippen LogP contribution in [0.3, 0.4) is 0 Å². The van der Waals surface area contributed by atoms with Crippen molar-refractivity contribution in [2.75, 3.05) is 26.8 Å². The summed E-state index contributed by atoms with van der Waals surface area (Å²) in [6.45, 7) is 2.81. The first kappa shape index (κ1) is 15.0. The summed E-state index contributed by atoms with van der Waals surface area (Å²) in [5.74, 6) is 1.30. The molecule has 0 N–H and O–H groups in total. The summed E-state index contributed by atoms with van der Waals surface area (Å²) in [5, 5.41) is 3.93. The van der Waals surface area contributed by atoms with Crippen LogP contribution in [0.1, 0.15) is 37.4 Å². The van der Waals surface area contributed by atoms with E-state index in [4.69, 9.17) is 9.26 Å². The maximum atomic E-state index is 12.3. The predicted octanol–water partition coefficient (Wildman–Crippen LogP) is 0.153. The van der Waals surface area contributed by atoms with E-state index < -0.39 is 6.04 Å². The number of aromatic nitrogens is 2. The predicted molar refractivity (Wildman–Crippen MR) is 74.7 cm³/mol. The maximum absolute atomic E-state index is 12.3. The molecule has 2 aliphatic rings. The van der Waals surface area contributed by atoms with Gasteiger partial charge in [-0.15, -0.1) is 0 Å². The molecular formula is C14H20N4O4. The summed E-state index contributed by atoms with van der Waals surface area (Å²) in [6.07, 6.45) is 2.18. The van der Waals surface area contributed by atoms with Crippen LogP contribution in [-0.4, -0.2) is 64.6 Å². The molecule has 8 nitrogen and oxygen atoms in total. The van der Waals surface area contributed by atoms with Gasteiger partial charge in [0.1, 0.15) is 12.6 Å². The van der Waals surface area contributed by atoms with Gasteiger partial charge in [-0.25, -0.2) is 0 Å². The van der Waals surface area contributed by atoms with Gasteiger partial charge in [-0.2, -0.15) is 4.98 Å². The van der Waals surface area contributed by atoms with Crippen LogP contribution in [0.4, 0.5) is 0 Å². The molecule has 120 valence electrons. The van der Waals surface area contributed by atoms with Crippen LogP contribution in [0.15, 0.2) is 4.52 Å². The third-order valence-corrected chi connectivity index (χ3v) is 4.08. The Bertz CT molecular complexity index is 569. The number of rotatable bonds is 6. The number of methoxy groups -OCH3 is 1. The lowest BCUT2D eigenvalue weighted by molar-refractivity contribution is -0.156. The van der Waals surface area contributed by atoms with Crippen LogP contribution in [0.25, 0.3) is 0 Å². The van der Waals surface area contributed by atoms with E-state index in [-0.39, 0.29) is 24.9 Å². The Hall–Kier alpha value is -1.96. The fourth-order valence-electron chi connectivity index (χ4n) is 2.55. The number of carbonyl (C=O) groups excluding carboxylic acids is 2. The first-order chi connectivity index (χ1) is 10.6. The average Bonchev–Trinajstić information content (AvgIpc) is 3.25. The minimum Gasteiger partial charge on any atom is -0.383 e. The lowest BCUT2D eigenvalue weighted by atomic mass is 10.1. The Morgan fingerprint density at radius 1 is 1.36 bits per heavy atom. The van der Waals surface area contributed by atoms with Crippen molar-refractivity contribution in [3.8, 4) is 0 Å². The summed E-state index contributed by atoms with van der Waals surface area (Å²) in [5.41, 5.74) is 0. The lowest BCUT2D eigenvalue weighted by Crippen LogP contribution is -2.58. The number of hydrogen-bond acceptors (Lipinski definition) is 6. The second-order valence-electron chi connectivity index (χ2n) is 5.77. The minimum atomic E-state index is -0.533. The van der Waals surface area contributed by atoms with E-state index in [0.29, 0.717) is 30.8 Å². The van der Waals surface area contributed by atoms with Crippen molar-refractivity contribution < 1.29 is 18.8 Å².